The van der Waals surface area contributed by atoms with Crippen LogP contribution in [0.1, 0.15) is 19.8 Å². The highest BCUT2D eigenvalue weighted by atomic mass is 32.1. The lowest BCUT2D eigenvalue weighted by molar-refractivity contribution is -0.144. The first kappa shape index (κ1) is 13.8. The highest BCUT2D eigenvalue weighted by Gasteiger charge is 2.48. The van der Waals surface area contributed by atoms with E-state index in [0.717, 1.165) is 23.1 Å². The molecular formula is C14H15N3O3S. The van der Waals surface area contributed by atoms with Gasteiger partial charge in [-0.3, -0.25) is 0 Å². The van der Waals surface area contributed by atoms with Crippen LogP contribution in [0.3, 0.4) is 0 Å². The molecule has 1 aromatic heterocycles. The molecule has 0 spiro atoms. The second kappa shape index (κ2) is 5.00. The minimum atomic E-state index is -1.21. The van der Waals surface area contributed by atoms with Gasteiger partial charge in [0, 0.05) is 5.69 Å². The summed E-state index contributed by atoms with van der Waals surface area (Å²) in [6.45, 7) is 1.55. The number of fused-ring (bicyclic) bond motifs is 1. The van der Waals surface area contributed by atoms with Crippen molar-refractivity contribution in [1.29, 1.82) is 0 Å². The van der Waals surface area contributed by atoms with Gasteiger partial charge in [0.1, 0.15) is 5.54 Å². The van der Waals surface area contributed by atoms with E-state index < -0.39 is 17.5 Å². The van der Waals surface area contributed by atoms with Crippen molar-refractivity contribution in [2.75, 3.05) is 5.32 Å². The van der Waals surface area contributed by atoms with Gasteiger partial charge in [-0.1, -0.05) is 0 Å². The predicted octanol–water partition coefficient (Wildman–Crippen LogP) is 2.67. The Kier molecular flexibility index (Phi) is 3.29. The van der Waals surface area contributed by atoms with Crippen molar-refractivity contribution in [2.24, 2.45) is 5.92 Å². The number of carbonyl (C=O) groups is 2. The molecule has 1 heterocycles. The minimum absolute atomic E-state index is 0.00438. The molecule has 1 aliphatic carbocycles. The first-order valence-corrected chi connectivity index (χ1v) is 7.53. The van der Waals surface area contributed by atoms with E-state index in [0.29, 0.717) is 5.69 Å². The smallest absolute Gasteiger partial charge is 0.329 e. The number of urea groups is 1. The van der Waals surface area contributed by atoms with Crippen molar-refractivity contribution in [2.45, 2.75) is 25.3 Å². The third-order valence-corrected chi connectivity index (χ3v) is 4.59. The Hall–Kier alpha value is -2.15. The summed E-state index contributed by atoms with van der Waals surface area (Å²) in [5.41, 5.74) is 2.02. The fraction of sp³-hybridized carbons (Fsp3) is 0.357. The Morgan fingerprint density at radius 1 is 1.43 bits per heavy atom. The summed E-state index contributed by atoms with van der Waals surface area (Å²) in [7, 11) is 0. The first-order chi connectivity index (χ1) is 9.99. The van der Waals surface area contributed by atoms with Crippen molar-refractivity contribution in [3.8, 4) is 0 Å². The van der Waals surface area contributed by atoms with Crippen molar-refractivity contribution in [1.82, 2.24) is 10.3 Å². The fourth-order valence-electron chi connectivity index (χ4n) is 2.32. The number of thiazole rings is 1. The zero-order valence-corrected chi connectivity index (χ0v) is 12.2. The van der Waals surface area contributed by atoms with Gasteiger partial charge in [0.05, 0.1) is 15.7 Å². The van der Waals surface area contributed by atoms with E-state index >= 15 is 0 Å². The number of rotatable bonds is 4. The second-order valence-electron chi connectivity index (χ2n) is 5.40. The summed E-state index contributed by atoms with van der Waals surface area (Å²) in [5.74, 6) is -0.997. The molecule has 6 nitrogen and oxygen atoms in total. The van der Waals surface area contributed by atoms with E-state index in [9.17, 15) is 14.7 Å². The van der Waals surface area contributed by atoms with E-state index in [4.69, 9.17) is 0 Å². The SMILES string of the molecule is CC(NC(=O)Nc1ccc2ncsc2c1)(C(=O)O)C1CC1. The summed E-state index contributed by atoms with van der Waals surface area (Å²) in [6.07, 6.45) is 1.66. The van der Waals surface area contributed by atoms with Crippen LogP contribution in [0.15, 0.2) is 23.7 Å². The van der Waals surface area contributed by atoms with Crippen molar-refractivity contribution >= 4 is 39.2 Å². The second-order valence-corrected chi connectivity index (χ2v) is 6.28. The number of aromatic nitrogens is 1. The van der Waals surface area contributed by atoms with E-state index in [1.54, 1.807) is 18.5 Å². The van der Waals surface area contributed by atoms with Gasteiger partial charge in [0.2, 0.25) is 0 Å². The van der Waals surface area contributed by atoms with Gasteiger partial charge in [0.15, 0.2) is 0 Å². The molecule has 0 saturated heterocycles. The monoisotopic (exact) mass is 305 g/mol. The lowest BCUT2D eigenvalue weighted by atomic mass is 9.96. The molecule has 7 heteroatoms. The molecule has 110 valence electrons. The van der Waals surface area contributed by atoms with Crippen LogP contribution in [0, 0.1) is 5.92 Å². The molecule has 1 saturated carbocycles. The van der Waals surface area contributed by atoms with Crippen LogP contribution < -0.4 is 10.6 Å². The topological polar surface area (TPSA) is 91.3 Å². The van der Waals surface area contributed by atoms with Gasteiger partial charge < -0.3 is 15.7 Å². The number of anilines is 1. The van der Waals surface area contributed by atoms with Gasteiger partial charge in [-0.15, -0.1) is 11.3 Å². The van der Waals surface area contributed by atoms with Gasteiger partial charge in [-0.25, -0.2) is 14.6 Å². The molecule has 2 aromatic rings. The number of aliphatic carboxylic acids is 1. The summed E-state index contributed by atoms with van der Waals surface area (Å²) in [5, 5.41) is 14.6. The van der Waals surface area contributed by atoms with Gasteiger partial charge >= 0.3 is 12.0 Å². The average molecular weight is 305 g/mol. The van der Waals surface area contributed by atoms with E-state index in [1.807, 2.05) is 12.1 Å². The number of amides is 2. The number of nitrogens with zero attached hydrogens (tertiary/aromatic N) is 1. The zero-order valence-electron chi connectivity index (χ0n) is 11.4. The standard InChI is InChI=1S/C14H15N3O3S/c1-14(12(18)19,8-2-3-8)17-13(20)16-9-4-5-10-11(6-9)21-7-15-10/h4-8H,2-3H2,1H3,(H,18,19)(H2,16,17,20). The fourth-order valence-corrected chi connectivity index (χ4v) is 3.04. The van der Waals surface area contributed by atoms with Crippen LogP contribution >= 0.6 is 11.3 Å². The van der Waals surface area contributed by atoms with Crippen LogP contribution in [-0.2, 0) is 4.79 Å². The highest BCUT2D eigenvalue weighted by Crippen LogP contribution is 2.39. The third kappa shape index (κ3) is 2.69. The maximum Gasteiger partial charge on any atom is 0.329 e. The van der Waals surface area contributed by atoms with Crippen molar-refractivity contribution < 1.29 is 14.7 Å². The quantitative estimate of drug-likeness (QED) is 0.810. The van der Waals surface area contributed by atoms with Gasteiger partial charge in [-0.05, 0) is 43.9 Å². The summed E-state index contributed by atoms with van der Waals surface area (Å²) >= 11 is 1.48. The summed E-state index contributed by atoms with van der Waals surface area (Å²) in [4.78, 5) is 27.6. The Labute approximate surface area is 125 Å². The highest BCUT2D eigenvalue weighted by molar-refractivity contribution is 7.16. The van der Waals surface area contributed by atoms with Crippen LogP contribution in [-0.4, -0.2) is 27.6 Å². The molecule has 1 atom stereocenters. The molecule has 3 rings (SSSR count). The molecule has 0 aliphatic heterocycles. The van der Waals surface area contributed by atoms with E-state index in [-0.39, 0.29) is 5.92 Å². The summed E-state index contributed by atoms with van der Waals surface area (Å²) in [6, 6.07) is 4.88. The zero-order chi connectivity index (χ0) is 15.0. The van der Waals surface area contributed by atoms with Crippen molar-refractivity contribution in [3.05, 3.63) is 23.7 Å². The van der Waals surface area contributed by atoms with Gasteiger partial charge in [0.25, 0.3) is 0 Å². The third-order valence-electron chi connectivity index (χ3n) is 3.80. The number of hydrogen-bond donors (Lipinski definition) is 3. The molecular weight excluding hydrogens is 290 g/mol. The van der Waals surface area contributed by atoms with E-state index in [2.05, 4.69) is 15.6 Å². The van der Waals surface area contributed by atoms with Gasteiger partial charge in [-0.2, -0.15) is 0 Å². The number of carboxylic acids is 1. The Morgan fingerprint density at radius 3 is 2.86 bits per heavy atom. The normalized spacial score (nSPS) is 17.2. The molecule has 3 N–H and O–H groups in total. The van der Waals surface area contributed by atoms with Crippen LogP contribution in [0.2, 0.25) is 0 Å². The molecule has 1 aliphatic rings. The number of benzene rings is 1. The number of carboxylic acid groups (broad SMARTS) is 1. The predicted molar refractivity (Wildman–Crippen MR) is 80.5 cm³/mol. The first-order valence-electron chi connectivity index (χ1n) is 6.65. The maximum atomic E-state index is 12.0. The average Bonchev–Trinajstić information content (AvgIpc) is 3.18. The molecule has 0 bridgehead atoms. The molecule has 2 amide bonds. The van der Waals surface area contributed by atoms with Crippen LogP contribution in [0.5, 0.6) is 0 Å². The Bertz CT molecular complexity index is 710. The lowest BCUT2D eigenvalue weighted by Crippen LogP contribution is -2.55. The van der Waals surface area contributed by atoms with Crippen LogP contribution in [0.25, 0.3) is 10.2 Å². The Morgan fingerprint density at radius 2 is 2.19 bits per heavy atom. The molecule has 1 fully saturated rings. The number of nitrogens with one attached hydrogen (secondary N) is 2. The molecule has 1 unspecified atom stereocenters. The van der Waals surface area contributed by atoms with Crippen molar-refractivity contribution in [3.63, 3.8) is 0 Å². The minimum Gasteiger partial charge on any atom is -0.480 e. The maximum absolute atomic E-state index is 12.0. The summed E-state index contributed by atoms with van der Waals surface area (Å²) < 4.78 is 0.969. The largest absolute Gasteiger partial charge is 0.480 e. The van der Waals surface area contributed by atoms with Crippen LogP contribution in [0.4, 0.5) is 10.5 Å². The molecule has 0 radical (unpaired) electrons. The Balaban J connectivity index is 1.72. The molecule has 21 heavy (non-hydrogen) atoms. The number of carbonyl (C=O) groups excluding carboxylic acids is 1. The van der Waals surface area contributed by atoms with E-state index in [1.165, 1.54) is 11.3 Å². The number of hydrogen-bond acceptors (Lipinski definition) is 4. The lowest BCUT2D eigenvalue weighted by Gasteiger charge is -2.26. The molecule has 1 aromatic carbocycles.